The molecule has 0 aliphatic carbocycles. The molecule has 0 saturated carbocycles. The molecule has 2 rings (SSSR count). The molecule has 1 aliphatic heterocycles. The largest absolute Gasteiger partial charge is 0.347 e. The average Bonchev–Trinajstić information content (AvgIpc) is 2.63. The molecular weight excluding hydrogens is 398 g/mol. The minimum atomic E-state index is -0.220. The standard InChI is InChI=1S/C22H35N5O2S/c1-16-7-8-17(2)18(13-16)23-21(30)25(6)15-20(29)27-11-9-26(10-12-27)14-19(28)24-22(3,4)5/h7-8,13H,9-12,14-15H2,1-6H3,(H,23,30)(H,24,28)/p+1. The molecule has 7 nitrogen and oxygen atoms in total. The first kappa shape index (κ1) is 24.1. The fraction of sp³-hybridized carbons (Fsp3) is 0.591. The third-order valence-electron chi connectivity index (χ3n) is 5.10. The average molecular weight is 435 g/mol. The summed E-state index contributed by atoms with van der Waals surface area (Å²) in [6, 6.07) is 6.16. The van der Waals surface area contributed by atoms with Gasteiger partial charge in [0.15, 0.2) is 11.7 Å². The number of thiocarbonyl (C=S) groups is 1. The van der Waals surface area contributed by atoms with Crippen LogP contribution in [0, 0.1) is 13.8 Å². The Hall–Kier alpha value is -2.19. The maximum absolute atomic E-state index is 12.7. The van der Waals surface area contributed by atoms with Crippen molar-refractivity contribution in [2.75, 3.05) is 51.6 Å². The molecule has 1 aromatic carbocycles. The van der Waals surface area contributed by atoms with Gasteiger partial charge in [0.2, 0.25) is 5.91 Å². The van der Waals surface area contributed by atoms with Gasteiger partial charge in [-0.3, -0.25) is 9.59 Å². The fourth-order valence-electron chi connectivity index (χ4n) is 3.39. The van der Waals surface area contributed by atoms with Crippen molar-refractivity contribution in [1.82, 2.24) is 15.1 Å². The van der Waals surface area contributed by atoms with Crippen molar-refractivity contribution in [3.63, 3.8) is 0 Å². The van der Waals surface area contributed by atoms with Crippen molar-refractivity contribution in [2.45, 2.75) is 40.2 Å². The summed E-state index contributed by atoms with van der Waals surface area (Å²) in [5.41, 5.74) is 3.01. The zero-order chi connectivity index (χ0) is 22.5. The van der Waals surface area contributed by atoms with E-state index in [1.165, 1.54) is 4.90 Å². The number of carbonyl (C=O) groups excluding carboxylic acids is 2. The number of hydrogen-bond acceptors (Lipinski definition) is 3. The number of nitrogens with zero attached hydrogens (tertiary/aromatic N) is 2. The zero-order valence-corrected chi connectivity index (χ0v) is 19.9. The summed E-state index contributed by atoms with van der Waals surface area (Å²) in [4.78, 5) is 29.7. The normalized spacial score (nSPS) is 14.9. The summed E-state index contributed by atoms with van der Waals surface area (Å²) in [5, 5.41) is 6.77. The van der Waals surface area contributed by atoms with Crippen LogP contribution in [0.2, 0.25) is 0 Å². The van der Waals surface area contributed by atoms with E-state index in [-0.39, 0.29) is 23.9 Å². The summed E-state index contributed by atoms with van der Waals surface area (Å²) in [6.45, 7) is 13.5. The smallest absolute Gasteiger partial charge is 0.275 e. The van der Waals surface area contributed by atoms with E-state index in [4.69, 9.17) is 12.2 Å². The Labute approximate surface area is 185 Å². The number of nitrogens with one attached hydrogen (secondary N) is 3. The minimum absolute atomic E-state index is 0.0554. The van der Waals surface area contributed by atoms with E-state index in [2.05, 4.69) is 28.8 Å². The molecule has 3 N–H and O–H groups in total. The summed E-state index contributed by atoms with van der Waals surface area (Å²) < 4.78 is 0. The summed E-state index contributed by atoms with van der Waals surface area (Å²) in [6.07, 6.45) is 0. The second-order valence-corrected chi connectivity index (χ2v) is 9.60. The van der Waals surface area contributed by atoms with Gasteiger partial charge in [0.1, 0.15) is 0 Å². The quantitative estimate of drug-likeness (QED) is 0.592. The highest BCUT2D eigenvalue weighted by atomic mass is 32.1. The van der Waals surface area contributed by atoms with Crippen LogP contribution < -0.4 is 15.5 Å². The summed E-state index contributed by atoms with van der Waals surface area (Å²) in [7, 11) is 1.83. The Morgan fingerprint density at radius 3 is 2.43 bits per heavy atom. The third-order valence-corrected chi connectivity index (χ3v) is 5.52. The van der Waals surface area contributed by atoms with Crippen molar-refractivity contribution in [3.8, 4) is 0 Å². The second-order valence-electron chi connectivity index (χ2n) is 9.21. The Balaban J connectivity index is 1.79. The number of piperazine rings is 1. The number of rotatable bonds is 5. The molecule has 30 heavy (non-hydrogen) atoms. The molecule has 0 atom stereocenters. The predicted molar refractivity (Wildman–Crippen MR) is 125 cm³/mol. The van der Waals surface area contributed by atoms with Crippen LogP contribution in [-0.4, -0.2) is 78.6 Å². The van der Waals surface area contributed by atoms with E-state index in [1.54, 1.807) is 4.90 Å². The molecule has 166 valence electrons. The number of amides is 2. The van der Waals surface area contributed by atoms with Gasteiger partial charge in [-0.05, 0) is 64.0 Å². The topological polar surface area (TPSA) is 69.1 Å². The third kappa shape index (κ3) is 7.57. The van der Waals surface area contributed by atoms with Gasteiger partial charge in [-0.25, -0.2) is 0 Å². The lowest BCUT2D eigenvalue weighted by molar-refractivity contribution is -0.896. The number of benzene rings is 1. The first-order valence-electron chi connectivity index (χ1n) is 10.5. The van der Waals surface area contributed by atoms with Gasteiger partial charge in [-0.15, -0.1) is 0 Å². The highest BCUT2D eigenvalue weighted by molar-refractivity contribution is 7.80. The van der Waals surface area contributed by atoms with Crippen LogP contribution in [-0.2, 0) is 9.59 Å². The van der Waals surface area contributed by atoms with Crippen molar-refractivity contribution in [3.05, 3.63) is 29.3 Å². The molecule has 2 amide bonds. The molecule has 0 spiro atoms. The highest BCUT2D eigenvalue weighted by Crippen LogP contribution is 2.16. The van der Waals surface area contributed by atoms with Gasteiger partial charge in [0, 0.05) is 18.3 Å². The fourth-order valence-corrected chi connectivity index (χ4v) is 3.57. The second kappa shape index (κ2) is 10.2. The van der Waals surface area contributed by atoms with Gasteiger partial charge in [0.25, 0.3) is 5.91 Å². The molecule has 1 fully saturated rings. The molecule has 0 aromatic heterocycles. The highest BCUT2D eigenvalue weighted by Gasteiger charge is 2.27. The SMILES string of the molecule is Cc1ccc(C)c(NC(=S)N(C)CC(=O)N2CC[NH+](CC(=O)NC(C)(C)C)CC2)c1. The zero-order valence-electron chi connectivity index (χ0n) is 19.1. The van der Waals surface area contributed by atoms with Crippen molar-refractivity contribution in [2.24, 2.45) is 0 Å². The first-order valence-corrected chi connectivity index (χ1v) is 10.9. The van der Waals surface area contributed by atoms with Crippen molar-refractivity contribution >= 4 is 34.8 Å². The number of anilines is 1. The first-order chi connectivity index (χ1) is 13.9. The lowest BCUT2D eigenvalue weighted by atomic mass is 10.1. The molecule has 1 heterocycles. The molecule has 0 bridgehead atoms. The Morgan fingerprint density at radius 1 is 1.20 bits per heavy atom. The van der Waals surface area contributed by atoms with Gasteiger partial charge in [0.05, 0.1) is 32.7 Å². The van der Waals surface area contributed by atoms with Crippen LogP contribution in [0.3, 0.4) is 0 Å². The Kier molecular flexibility index (Phi) is 8.20. The number of likely N-dealkylation sites (N-methyl/N-ethyl adjacent to an activating group) is 1. The molecule has 8 heteroatoms. The summed E-state index contributed by atoms with van der Waals surface area (Å²) >= 11 is 5.49. The number of aryl methyl sites for hydroxylation is 2. The molecule has 0 unspecified atom stereocenters. The maximum atomic E-state index is 12.7. The number of hydrogen-bond donors (Lipinski definition) is 3. The maximum Gasteiger partial charge on any atom is 0.275 e. The lowest BCUT2D eigenvalue weighted by Crippen LogP contribution is -3.16. The number of quaternary nitrogens is 1. The molecule has 1 saturated heterocycles. The van der Waals surface area contributed by atoms with E-state index in [9.17, 15) is 9.59 Å². The van der Waals surface area contributed by atoms with Gasteiger partial charge in [-0.1, -0.05) is 12.1 Å². The van der Waals surface area contributed by atoms with Gasteiger partial charge < -0.3 is 25.3 Å². The molecule has 0 radical (unpaired) electrons. The molecule has 1 aliphatic rings. The van der Waals surface area contributed by atoms with E-state index in [1.807, 2.05) is 46.6 Å². The Morgan fingerprint density at radius 2 is 1.83 bits per heavy atom. The van der Waals surface area contributed by atoms with Crippen molar-refractivity contribution < 1.29 is 14.5 Å². The molecule has 1 aromatic rings. The van der Waals surface area contributed by atoms with Crippen LogP contribution in [0.25, 0.3) is 0 Å². The predicted octanol–water partition coefficient (Wildman–Crippen LogP) is 0.574. The van der Waals surface area contributed by atoms with Crippen LogP contribution in [0.5, 0.6) is 0 Å². The van der Waals surface area contributed by atoms with E-state index < -0.39 is 0 Å². The van der Waals surface area contributed by atoms with Crippen LogP contribution >= 0.6 is 12.2 Å². The van der Waals surface area contributed by atoms with Crippen LogP contribution in [0.4, 0.5) is 5.69 Å². The minimum Gasteiger partial charge on any atom is -0.347 e. The van der Waals surface area contributed by atoms with Gasteiger partial charge >= 0.3 is 0 Å². The Bertz CT molecular complexity index is 782. The van der Waals surface area contributed by atoms with E-state index >= 15 is 0 Å². The van der Waals surface area contributed by atoms with Crippen LogP contribution in [0.1, 0.15) is 31.9 Å². The number of carbonyl (C=O) groups is 2. The van der Waals surface area contributed by atoms with Crippen molar-refractivity contribution in [1.29, 1.82) is 0 Å². The van der Waals surface area contributed by atoms with E-state index in [0.29, 0.717) is 24.7 Å². The molecular formula is C22H36N5O2S+. The summed E-state index contributed by atoms with van der Waals surface area (Å²) in [5.74, 6) is 0.112. The van der Waals surface area contributed by atoms with Crippen LogP contribution in [0.15, 0.2) is 18.2 Å². The monoisotopic (exact) mass is 434 g/mol. The van der Waals surface area contributed by atoms with E-state index in [0.717, 1.165) is 29.9 Å². The lowest BCUT2D eigenvalue weighted by Gasteiger charge is -2.33. The van der Waals surface area contributed by atoms with Gasteiger partial charge in [-0.2, -0.15) is 0 Å².